The first-order valence-electron chi connectivity index (χ1n) is 7.32. The number of pyridine rings is 1. The van der Waals surface area contributed by atoms with Gasteiger partial charge < -0.3 is 21.7 Å². The number of benzene rings is 1. The molecule has 114 valence electrons. The van der Waals surface area contributed by atoms with Gasteiger partial charge in [0.15, 0.2) is 12.4 Å². The van der Waals surface area contributed by atoms with Gasteiger partial charge in [0.1, 0.15) is 0 Å². The molecule has 1 aromatic heterocycles. The number of carbonyl (C=O) groups is 1. The second kappa shape index (κ2) is 8.78. The van der Waals surface area contributed by atoms with Gasteiger partial charge in [0.25, 0.3) is 6.04 Å². The van der Waals surface area contributed by atoms with Crippen molar-refractivity contribution in [2.24, 2.45) is 0 Å². The molecule has 0 aliphatic rings. The fraction of sp³-hybridized carbons (Fsp3) is 0.412. The van der Waals surface area contributed by atoms with Gasteiger partial charge >= 0.3 is 5.97 Å². The lowest BCUT2D eigenvalue weighted by Gasteiger charge is -2.11. The summed E-state index contributed by atoms with van der Waals surface area (Å²) in [6.45, 7) is 4.41. The Morgan fingerprint density at radius 3 is 2.57 bits per heavy atom. The first kappa shape index (κ1) is 17.6. The van der Waals surface area contributed by atoms with Gasteiger partial charge in [-0.25, -0.2) is 4.79 Å². The number of fused-ring (bicyclic) bond motifs is 1. The molecule has 0 fully saturated rings. The van der Waals surface area contributed by atoms with Crippen LogP contribution in [0.25, 0.3) is 10.8 Å². The van der Waals surface area contributed by atoms with Crippen molar-refractivity contribution in [1.29, 1.82) is 0 Å². The highest BCUT2D eigenvalue weighted by atomic mass is 79.9. The van der Waals surface area contributed by atoms with Gasteiger partial charge in [0, 0.05) is 17.9 Å². The topological polar surface area (TPSA) is 30.2 Å². The van der Waals surface area contributed by atoms with E-state index in [2.05, 4.69) is 19.1 Å². The van der Waals surface area contributed by atoms with E-state index in [1.54, 1.807) is 0 Å². The maximum Gasteiger partial charge on any atom is 0.375 e. The number of aromatic nitrogens is 1. The van der Waals surface area contributed by atoms with Crippen LogP contribution in [0.5, 0.6) is 0 Å². The van der Waals surface area contributed by atoms with E-state index in [0.29, 0.717) is 6.61 Å². The van der Waals surface area contributed by atoms with E-state index in [-0.39, 0.29) is 29.0 Å². The molecule has 2 rings (SSSR count). The zero-order valence-electron chi connectivity index (χ0n) is 12.6. The molecular formula is C17H22BrNO2. The van der Waals surface area contributed by atoms with Crippen LogP contribution in [0.2, 0.25) is 0 Å². The van der Waals surface area contributed by atoms with Crippen molar-refractivity contribution in [3.8, 4) is 0 Å². The maximum absolute atomic E-state index is 12.1. The monoisotopic (exact) mass is 351 g/mol. The number of unbranched alkanes of at least 4 members (excludes halogenated alkanes) is 1. The van der Waals surface area contributed by atoms with Crippen LogP contribution >= 0.6 is 0 Å². The van der Waals surface area contributed by atoms with E-state index >= 15 is 0 Å². The van der Waals surface area contributed by atoms with Gasteiger partial charge in [0.2, 0.25) is 0 Å². The summed E-state index contributed by atoms with van der Waals surface area (Å²) < 4.78 is 7.19. The molecule has 0 aliphatic heterocycles. The Bertz CT molecular complexity index is 586. The Hall–Kier alpha value is -1.42. The molecule has 1 aromatic carbocycles. The van der Waals surface area contributed by atoms with Gasteiger partial charge in [-0.2, -0.15) is 4.57 Å². The largest absolute Gasteiger partial charge is 1.00 e. The molecule has 0 saturated carbocycles. The van der Waals surface area contributed by atoms with Gasteiger partial charge in [-0.15, -0.1) is 0 Å². The Balaban J connectivity index is 0.00000220. The Labute approximate surface area is 136 Å². The summed E-state index contributed by atoms with van der Waals surface area (Å²) in [6.07, 6.45) is 6.91. The third kappa shape index (κ3) is 4.53. The molecule has 3 nitrogen and oxygen atoms in total. The molecule has 0 saturated heterocycles. The minimum absolute atomic E-state index is 0. The number of halogens is 1. The molecule has 4 heteroatoms. The number of ether oxygens (including phenoxy) is 1. The van der Waals surface area contributed by atoms with Gasteiger partial charge in [-0.05, 0) is 24.8 Å². The van der Waals surface area contributed by atoms with Crippen molar-refractivity contribution in [1.82, 2.24) is 0 Å². The second-order valence-corrected chi connectivity index (χ2v) is 4.93. The fourth-order valence-electron chi connectivity index (χ4n) is 2.37. The Kier molecular flexibility index (Phi) is 7.37. The predicted octanol–water partition coefficient (Wildman–Crippen LogP) is 0.426. The van der Waals surface area contributed by atoms with E-state index in [1.807, 2.05) is 42.1 Å². The standard InChI is InChI=1S/C17H22NO2.BrH/c1-3-5-10-16(17(19)20-4-2)18-12-11-14-8-6-7-9-15(14)13-18;/h6-9,11-13,16H,3-5,10H2,1-2H3;1H/q+1;/p-1. The first-order chi connectivity index (χ1) is 9.76. The highest BCUT2D eigenvalue weighted by Gasteiger charge is 2.28. The number of carbonyl (C=O) groups excluding carboxylic acids is 1. The highest BCUT2D eigenvalue weighted by molar-refractivity contribution is 5.80. The van der Waals surface area contributed by atoms with Crippen LogP contribution in [0.4, 0.5) is 0 Å². The number of hydrogen-bond donors (Lipinski definition) is 0. The van der Waals surface area contributed by atoms with Crippen molar-refractivity contribution >= 4 is 16.7 Å². The third-order valence-corrected chi connectivity index (χ3v) is 3.46. The summed E-state index contributed by atoms with van der Waals surface area (Å²) >= 11 is 0. The van der Waals surface area contributed by atoms with Crippen molar-refractivity contribution in [3.05, 3.63) is 42.7 Å². The molecule has 0 bridgehead atoms. The molecule has 0 amide bonds. The smallest absolute Gasteiger partial charge is 0.375 e. The van der Waals surface area contributed by atoms with Crippen molar-refractivity contribution in [2.45, 2.75) is 39.2 Å². The number of nitrogens with zero attached hydrogens (tertiary/aromatic N) is 1. The van der Waals surface area contributed by atoms with Crippen molar-refractivity contribution < 1.29 is 31.1 Å². The SMILES string of the molecule is CCCCC(C(=O)OCC)[n+]1ccc2ccccc2c1.[Br-]. The van der Waals surface area contributed by atoms with Crippen LogP contribution in [0.1, 0.15) is 39.2 Å². The molecule has 1 unspecified atom stereocenters. The average molecular weight is 352 g/mol. The lowest BCUT2D eigenvalue weighted by molar-refractivity contribution is -0.710. The third-order valence-electron chi connectivity index (χ3n) is 3.46. The molecule has 0 aliphatic carbocycles. The zero-order valence-corrected chi connectivity index (χ0v) is 14.2. The van der Waals surface area contributed by atoms with E-state index in [4.69, 9.17) is 4.74 Å². The summed E-state index contributed by atoms with van der Waals surface area (Å²) in [5.74, 6) is -0.138. The number of hydrogen-bond acceptors (Lipinski definition) is 2. The zero-order chi connectivity index (χ0) is 14.4. The molecule has 1 heterocycles. The minimum atomic E-state index is -0.223. The van der Waals surface area contributed by atoms with Crippen LogP contribution in [-0.2, 0) is 9.53 Å². The van der Waals surface area contributed by atoms with Gasteiger partial charge in [-0.3, -0.25) is 0 Å². The summed E-state index contributed by atoms with van der Waals surface area (Å²) in [5, 5.41) is 2.32. The van der Waals surface area contributed by atoms with E-state index < -0.39 is 0 Å². The number of esters is 1. The molecular weight excluding hydrogens is 330 g/mol. The molecule has 0 N–H and O–H groups in total. The molecule has 2 aromatic rings. The fourth-order valence-corrected chi connectivity index (χ4v) is 2.37. The lowest BCUT2D eigenvalue weighted by Crippen LogP contribution is -3.00. The minimum Gasteiger partial charge on any atom is -1.00 e. The summed E-state index contributed by atoms with van der Waals surface area (Å²) in [5.41, 5.74) is 0. The molecule has 21 heavy (non-hydrogen) atoms. The van der Waals surface area contributed by atoms with Gasteiger partial charge in [0.05, 0.1) is 6.61 Å². The highest BCUT2D eigenvalue weighted by Crippen LogP contribution is 2.15. The Morgan fingerprint density at radius 1 is 1.19 bits per heavy atom. The summed E-state index contributed by atoms with van der Waals surface area (Å²) in [7, 11) is 0. The van der Waals surface area contributed by atoms with Gasteiger partial charge in [-0.1, -0.05) is 31.5 Å². The predicted molar refractivity (Wildman–Crippen MR) is 79.3 cm³/mol. The lowest BCUT2D eigenvalue weighted by atomic mass is 10.1. The van der Waals surface area contributed by atoms with Crippen LogP contribution in [0.3, 0.4) is 0 Å². The van der Waals surface area contributed by atoms with Crippen LogP contribution in [-0.4, -0.2) is 12.6 Å². The van der Waals surface area contributed by atoms with Crippen molar-refractivity contribution in [3.63, 3.8) is 0 Å². The first-order valence-corrected chi connectivity index (χ1v) is 7.32. The molecule has 0 spiro atoms. The normalized spacial score (nSPS) is 11.7. The molecule has 1 atom stereocenters. The molecule has 0 radical (unpaired) electrons. The van der Waals surface area contributed by atoms with E-state index in [1.165, 1.54) is 5.39 Å². The number of rotatable bonds is 6. The summed E-state index contributed by atoms with van der Waals surface area (Å²) in [4.78, 5) is 12.1. The Morgan fingerprint density at radius 2 is 1.90 bits per heavy atom. The second-order valence-electron chi connectivity index (χ2n) is 4.93. The summed E-state index contributed by atoms with van der Waals surface area (Å²) in [6, 6.07) is 10.00. The maximum atomic E-state index is 12.1. The van der Waals surface area contributed by atoms with Crippen LogP contribution in [0.15, 0.2) is 42.7 Å². The van der Waals surface area contributed by atoms with E-state index in [0.717, 1.165) is 24.6 Å². The quantitative estimate of drug-likeness (QED) is 0.558. The van der Waals surface area contributed by atoms with E-state index in [9.17, 15) is 4.79 Å². The van der Waals surface area contributed by atoms with Crippen molar-refractivity contribution in [2.75, 3.05) is 6.61 Å². The van der Waals surface area contributed by atoms with Crippen LogP contribution in [0, 0.1) is 0 Å². The average Bonchev–Trinajstić information content (AvgIpc) is 2.48. The van der Waals surface area contributed by atoms with Crippen LogP contribution < -0.4 is 21.5 Å².